The van der Waals surface area contributed by atoms with E-state index in [0.29, 0.717) is 11.3 Å². The Balaban J connectivity index is 1.41. The molecule has 8 heteroatoms. The molecule has 0 aliphatic heterocycles. The summed E-state index contributed by atoms with van der Waals surface area (Å²) < 4.78 is 5.50. The molecule has 0 heterocycles. The van der Waals surface area contributed by atoms with Crippen molar-refractivity contribution in [3.63, 3.8) is 0 Å². The van der Waals surface area contributed by atoms with Gasteiger partial charge in [0.1, 0.15) is 12.6 Å². The summed E-state index contributed by atoms with van der Waals surface area (Å²) >= 11 is 0. The second-order valence-corrected chi connectivity index (χ2v) is 8.30. The average molecular weight is 475 g/mol. The highest BCUT2D eigenvalue weighted by molar-refractivity contribution is 5.96. The second kappa shape index (κ2) is 10.8. The van der Waals surface area contributed by atoms with Gasteiger partial charge in [-0.3, -0.25) is 9.59 Å². The predicted octanol–water partition coefficient (Wildman–Crippen LogP) is 3.89. The van der Waals surface area contributed by atoms with E-state index in [2.05, 4.69) is 10.6 Å². The maximum absolute atomic E-state index is 12.8. The highest BCUT2D eigenvalue weighted by Crippen LogP contribution is 2.44. The van der Waals surface area contributed by atoms with Gasteiger partial charge in [0.15, 0.2) is 0 Å². The molecule has 0 spiro atoms. The van der Waals surface area contributed by atoms with Gasteiger partial charge in [-0.15, -0.1) is 0 Å². The number of alkyl carbamates (subject to hydrolysis) is 1. The number of carbonyl (C=O) groups excluding carboxylic acids is 2. The molecule has 0 aromatic heterocycles. The highest BCUT2D eigenvalue weighted by Gasteiger charge is 2.30. The summed E-state index contributed by atoms with van der Waals surface area (Å²) in [5.41, 5.74) is 5.47. The first-order valence-electron chi connectivity index (χ1n) is 11.3. The number of carboxylic acids is 1. The second-order valence-electron chi connectivity index (χ2n) is 8.30. The monoisotopic (exact) mass is 474 g/mol. The van der Waals surface area contributed by atoms with Crippen LogP contribution in [0.4, 0.5) is 10.5 Å². The number of aliphatic hydroxyl groups is 1. The van der Waals surface area contributed by atoms with E-state index in [1.165, 1.54) is 0 Å². The first-order valence-corrected chi connectivity index (χ1v) is 11.3. The number of hydrogen-bond acceptors (Lipinski definition) is 5. The number of ether oxygens (including phenoxy) is 1. The summed E-state index contributed by atoms with van der Waals surface area (Å²) in [6.45, 7) is -0.0471. The zero-order chi connectivity index (χ0) is 24.8. The highest BCUT2D eigenvalue weighted by atomic mass is 16.5. The Bertz CT molecular complexity index is 1180. The smallest absolute Gasteiger partial charge is 0.407 e. The third-order valence-corrected chi connectivity index (χ3v) is 6.00. The molecule has 3 aromatic rings. The lowest BCUT2D eigenvalue weighted by Crippen LogP contribution is -2.44. The topological polar surface area (TPSA) is 125 Å². The molecule has 1 atom stereocenters. The van der Waals surface area contributed by atoms with Gasteiger partial charge in [-0.1, -0.05) is 60.7 Å². The van der Waals surface area contributed by atoms with Crippen LogP contribution in [0.5, 0.6) is 0 Å². The van der Waals surface area contributed by atoms with Crippen LogP contribution in [-0.4, -0.2) is 40.8 Å². The van der Waals surface area contributed by atoms with Crippen molar-refractivity contribution in [3.05, 3.63) is 89.5 Å². The van der Waals surface area contributed by atoms with E-state index in [1.807, 2.05) is 48.5 Å². The lowest BCUT2D eigenvalue weighted by molar-refractivity contribution is -0.137. The third-order valence-electron chi connectivity index (χ3n) is 6.00. The Labute approximate surface area is 202 Å². The van der Waals surface area contributed by atoms with Gasteiger partial charge in [0.05, 0.1) is 6.61 Å². The van der Waals surface area contributed by atoms with Crippen LogP contribution in [-0.2, 0) is 20.9 Å². The first kappa shape index (κ1) is 24.0. The van der Waals surface area contributed by atoms with Gasteiger partial charge in [-0.2, -0.15) is 0 Å². The molecule has 4 rings (SSSR count). The molecule has 1 aliphatic rings. The minimum Gasteiger partial charge on any atom is -0.481 e. The molecule has 35 heavy (non-hydrogen) atoms. The number of amides is 2. The number of nitrogens with one attached hydrogen (secondary N) is 2. The van der Waals surface area contributed by atoms with Crippen LogP contribution in [0.15, 0.2) is 72.8 Å². The van der Waals surface area contributed by atoms with Gasteiger partial charge >= 0.3 is 12.1 Å². The number of carbonyl (C=O) groups is 3. The molecule has 4 N–H and O–H groups in total. The molecule has 1 aliphatic carbocycles. The maximum Gasteiger partial charge on any atom is 0.407 e. The Morgan fingerprint density at radius 1 is 0.886 bits per heavy atom. The number of benzene rings is 3. The number of aliphatic hydroxyl groups excluding tert-OH is 1. The van der Waals surface area contributed by atoms with E-state index in [0.717, 1.165) is 22.3 Å². The number of hydrogen-bond donors (Lipinski definition) is 4. The fraction of sp³-hybridized carbons (Fsp3) is 0.222. The molecular weight excluding hydrogens is 448 g/mol. The van der Waals surface area contributed by atoms with E-state index in [9.17, 15) is 14.4 Å². The van der Waals surface area contributed by atoms with Crippen molar-refractivity contribution in [3.8, 4) is 11.1 Å². The minimum atomic E-state index is -1.10. The van der Waals surface area contributed by atoms with E-state index in [1.54, 1.807) is 24.3 Å². The van der Waals surface area contributed by atoms with Crippen molar-refractivity contribution >= 4 is 23.7 Å². The van der Waals surface area contributed by atoms with Crippen LogP contribution in [0, 0.1) is 0 Å². The van der Waals surface area contributed by atoms with Gasteiger partial charge in [0.25, 0.3) is 0 Å². The Morgan fingerprint density at radius 3 is 2.06 bits per heavy atom. The van der Waals surface area contributed by atoms with Crippen molar-refractivity contribution in [1.82, 2.24) is 5.32 Å². The summed E-state index contributed by atoms with van der Waals surface area (Å²) in [5.74, 6) is -1.77. The number of fused-ring (bicyclic) bond motifs is 3. The molecular formula is C27H26N2O6. The van der Waals surface area contributed by atoms with Crippen LogP contribution in [0.3, 0.4) is 0 Å². The lowest BCUT2D eigenvalue weighted by atomic mass is 9.98. The van der Waals surface area contributed by atoms with Gasteiger partial charge in [-0.05, 0) is 46.4 Å². The first-order chi connectivity index (χ1) is 17.0. The molecule has 180 valence electrons. The van der Waals surface area contributed by atoms with Crippen molar-refractivity contribution in [2.45, 2.75) is 31.4 Å². The van der Waals surface area contributed by atoms with Gasteiger partial charge in [0.2, 0.25) is 5.91 Å². The molecule has 0 fully saturated rings. The lowest BCUT2D eigenvalue weighted by Gasteiger charge is -2.19. The Hall–Kier alpha value is -4.17. The zero-order valence-corrected chi connectivity index (χ0v) is 18.9. The zero-order valence-electron chi connectivity index (χ0n) is 18.9. The number of carboxylic acid groups (broad SMARTS) is 1. The number of rotatable bonds is 9. The average Bonchev–Trinajstić information content (AvgIpc) is 3.19. The van der Waals surface area contributed by atoms with E-state index >= 15 is 0 Å². The van der Waals surface area contributed by atoms with Gasteiger partial charge < -0.3 is 25.6 Å². The van der Waals surface area contributed by atoms with Gasteiger partial charge in [0, 0.05) is 18.0 Å². The summed E-state index contributed by atoms with van der Waals surface area (Å²) in [4.78, 5) is 36.5. The summed E-state index contributed by atoms with van der Waals surface area (Å²) in [5, 5.41) is 23.4. The molecule has 3 aromatic carbocycles. The molecule has 0 bridgehead atoms. The van der Waals surface area contributed by atoms with Crippen LogP contribution in [0.1, 0.15) is 35.4 Å². The summed E-state index contributed by atoms with van der Waals surface area (Å²) in [7, 11) is 0. The maximum atomic E-state index is 12.8. The summed E-state index contributed by atoms with van der Waals surface area (Å²) in [6.07, 6.45) is -1.20. The molecule has 0 radical (unpaired) electrons. The molecule has 0 saturated heterocycles. The van der Waals surface area contributed by atoms with E-state index < -0.39 is 24.0 Å². The van der Waals surface area contributed by atoms with Crippen molar-refractivity contribution < 1.29 is 29.3 Å². The molecule has 8 nitrogen and oxygen atoms in total. The van der Waals surface area contributed by atoms with E-state index in [-0.39, 0.29) is 32.0 Å². The van der Waals surface area contributed by atoms with Crippen LogP contribution >= 0.6 is 0 Å². The number of aliphatic carboxylic acids is 1. The van der Waals surface area contributed by atoms with Crippen molar-refractivity contribution in [2.75, 3.05) is 11.9 Å². The van der Waals surface area contributed by atoms with Crippen LogP contribution < -0.4 is 10.6 Å². The predicted molar refractivity (Wildman–Crippen MR) is 130 cm³/mol. The SMILES string of the molecule is O=C(O)CCC(NC(=O)OCC1c2ccccc2-c2ccccc21)C(=O)Nc1ccc(CO)cc1. The molecule has 2 amide bonds. The minimum absolute atomic E-state index is 0.0791. The van der Waals surface area contributed by atoms with Crippen LogP contribution in [0.2, 0.25) is 0 Å². The Morgan fingerprint density at radius 2 is 1.49 bits per heavy atom. The fourth-order valence-electron chi connectivity index (χ4n) is 4.24. The third kappa shape index (κ3) is 5.67. The van der Waals surface area contributed by atoms with E-state index in [4.69, 9.17) is 14.9 Å². The van der Waals surface area contributed by atoms with Gasteiger partial charge in [-0.25, -0.2) is 4.79 Å². The largest absolute Gasteiger partial charge is 0.481 e. The molecule has 0 saturated carbocycles. The molecule has 1 unspecified atom stereocenters. The summed E-state index contributed by atoms with van der Waals surface area (Å²) in [6, 6.07) is 21.3. The van der Waals surface area contributed by atoms with Crippen molar-refractivity contribution in [1.29, 1.82) is 0 Å². The van der Waals surface area contributed by atoms with Crippen LogP contribution in [0.25, 0.3) is 11.1 Å². The number of anilines is 1. The quantitative estimate of drug-likeness (QED) is 0.373. The fourth-order valence-corrected chi connectivity index (χ4v) is 4.24. The van der Waals surface area contributed by atoms with Crippen molar-refractivity contribution in [2.24, 2.45) is 0 Å². The normalized spacial score (nSPS) is 12.8. The Kier molecular flexibility index (Phi) is 7.42. The standard InChI is InChI=1S/C27H26N2O6/c30-15-17-9-11-18(12-10-17)28-26(33)24(13-14-25(31)32)29-27(34)35-16-23-21-7-3-1-5-19(21)20-6-2-4-8-22(20)23/h1-12,23-24,30H,13-16H2,(H,28,33)(H,29,34)(H,31,32).